The lowest BCUT2D eigenvalue weighted by atomic mass is 9.96. The lowest BCUT2D eigenvalue weighted by Gasteiger charge is -2.22. The van der Waals surface area contributed by atoms with E-state index in [0.717, 1.165) is 25.7 Å². The second-order valence-corrected chi connectivity index (χ2v) is 5.49. The molecule has 0 heterocycles. The Morgan fingerprint density at radius 2 is 1.91 bits per heavy atom. The number of carbonyl (C=O) groups excluding carboxylic acids is 2. The molecule has 1 unspecified atom stereocenters. The van der Waals surface area contributed by atoms with E-state index in [-0.39, 0.29) is 25.0 Å². The third-order valence-corrected chi connectivity index (χ3v) is 3.64. The van der Waals surface area contributed by atoms with Gasteiger partial charge in [0.15, 0.2) is 0 Å². The standard InChI is InChI=1S/C15H25N3O4/c1-2-3-9-12(14(20)21)18-13(19)10-16-15(22)17-11-7-5-4-6-8-11/h2,11-12H,1,3-10H2,(H,18,19)(H,20,21)(H2,16,17,22). The van der Waals surface area contributed by atoms with Gasteiger partial charge in [-0.05, 0) is 25.7 Å². The highest BCUT2D eigenvalue weighted by Gasteiger charge is 2.20. The van der Waals surface area contributed by atoms with Crippen molar-refractivity contribution in [2.24, 2.45) is 0 Å². The maximum atomic E-state index is 11.7. The zero-order valence-corrected chi connectivity index (χ0v) is 12.8. The molecule has 0 spiro atoms. The van der Waals surface area contributed by atoms with E-state index in [9.17, 15) is 14.4 Å². The van der Waals surface area contributed by atoms with Crippen molar-refractivity contribution >= 4 is 17.9 Å². The molecule has 0 saturated heterocycles. The number of hydrogen-bond acceptors (Lipinski definition) is 3. The van der Waals surface area contributed by atoms with Crippen LogP contribution in [0.3, 0.4) is 0 Å². The van der Waals surface area contributed by atoms with Crippen LogP contribution in [-0.4, -0.2) is 41.6 Å². The number of carboxylic acids is 1. The van der Waals surface area contributed by atoms with E-state index in [0.29, 0.717) is 6.42 Å². The summed E-state index contributed by atoms with van der Waals surface area (Å²) < 4.78 is 0. The third kappa shape index (κ3) is 7.10. The fraction of sp³-hybridized carbons (Fsp3) is 0.667. The number of nitrogens with one attached hydrogen (secondary N) is 3. The highest BCUT2D eigenvalue weighted by molar-refractivity contribution is 5.87. The number of rotatable bonds is 8. The SMILES string of the molecule is C=CCCC(NC(=O)CNC(=O)NC1CCCCC1)C(=O)O. The first-order valence-electron chi connectivity index (χ1n) is 7.70. The summed E-state index contributed by atoms with van der Waals surface area (Å²) >= 11 is 0. The van der Waals surface area contributed by atoms with E-state index in [2.05, 4.69) is 22.5 Å². The number of allylic oxidation sites excluding steroid dienone is 1. The Hall–Kier alpha value is -2.05. The molecule has 0 bridgehead atoms. The molecule has 22 heavy (non-hydrogen) atoms. The predicted octanol–water partition coefficient (Wildman–Crippen LogP) is 1.15. The van der Waals surface area contributed by atoms with Crippen LogP contribution in [0.5, 0.6) is 0 Å². The van der Waals surface area contributed by atoms with E-state index >= 15 is 0 Å². The molecule has 1 aliphatic rings. The maximum Gasteiger partial charge on any atom is 0.326 e. The van der Waals surface area contributed by atoms with Crippen molar-refractivity contribution in [2.45, 2.75) is 57.0 Å². The van der Waals surface area contributed by atoms with Gasteiger partial charge in [-0.15, -0.1) is 6.58 Å². The van der Waals surface area contributed by atoms with Crippen molar-refractivity contribution in [3.05, 3.63) is 12.7 Å². The van der Waals surface area contributed by atoms with Gasteiger partial charge in [-0.25, -0.2) is 9.59 Å². The summed E-state index contributed by atoms with van der Waals surface area (Å²) in [5.41, 5.74) is 0. The van der Waals surface area contributed by atoms with E-state index in [4.69, 9.17) is 5.11 Å². The Bertz CT molecular complexity index is 406. The quantitative estimate of drug-likeness (QED) is 0.504. The van der Waals surface area contributed by atoms with E-state index < -0.39 is 17.9 Å². The zero-order valence-electron chi connectivity index (χ0n) is 12.8. The summed E-state index contributed by atoms with van der Waals surface area (Å²) in [6.07, 6.45) is 7.70. The fourth-order valence-electron chi connectivity index (χ4n) is 2.43. The van der Waals surface area contributed by atoms with Crippen LogP contribution in [0, 0.1) is 0 Å². The Kier molecular flexibility index (Phi) is 8.03. The topological polar surface area (TPSA) is 108 Å². The van der Waals surface area contributed by atoms with Gasteiger partial charge < -0.3 is 21.1 Å². The fourth-order valence-corrected chi connectivity index (χ4v) is 2.43. The van der Waals surface area contributed by atoms with Gasteiger partial charge in [0.25, 0.3) is 0 Å². The molecule has 0 aromatic rings. The number of carbonyl (C=O) groups is 3. The molecule has 3 amide bonds. The molecule has 1 rings (SSSR count). The monoisotopic (exact) mass is 311 g/mol. The van der Waals surface area contributed by atoms with Crippen LogP contribution >= 0.6 is 0 Å². The predicted molar refractivity (Wildman–Crippen MR) is 82.4 cm³/mol. The molecule has 1 aliphatic carbocycles. The van der Waals surface area contributed by atoms with Crippen LogP contribution < -0.4 is 16.0 Å². The summed E-state index contributed by atoms with van der Waals surface area (Å²) in [6, 6.07) is -1.19. The van der Waals surface area contributed by atoms with Crippen LogP contribution in [0.25, 0.3) is 0 Å². The Morgan fingerprint density at radius 1 is 1.23 bits per heavy atom. The van der Waals surface area contributed by atoms with Crippen LogP contribution in [0.1, 0.15) is 44.9 Å². The molecule has 4 N–H and O–H groups in total. The van der Waals surface area contributed by atoms with Gasteiger partial charge in [-0.2, -0.15) is 0 Å². The molecular formula is C15H25N3O4. The average molecular weight is 311 g/mol. The molecule has 7 nitrogen and oxygen atoms in total. The summed E-state index contributed by atoms with van der Waals surface area (Å²) in [5, 5.41) is 16.7. The van der Waals surface area contributed by atoms with Crippen LogP contribution in [0.15, 0.2) is 12.7 Å². The molecule has 0 radical (unpaired) electrons. The van der Waals surface area contributed by atoms with Gasteiger partial charge >= 0.3 is 12.0 Å². The van der Waals surface area contributed by atoms with E-state index in [1.165, 1.54) is 6.42 Å². The Morgan fingerprint density at radius 3 is 2.50 bits per heavy atom. The summed E-state index contributed by atoms with van der Waals surface area (Å²) in [4.78, 5) is 34.3. The normalized spacial score (nSPS) is 16.4. The number of urea groups is 1. The van der Waals surface area contributed by atoms with Crippen LogP contribution in [0.2, 0.25) is 0 Å². The molecule has 1 saturated carbocycles. The number of amides is 3. The minimum Gasteiger partial charge on any atom is -0.480 e. The van der Waals surface area contributed by atoms with Crippen LogP contribution in [0.4, 0.5) is 4.79 Å². The van der Waals surface area contributed by atoms with E-state index in [1.807, 2.05) is 0 Å². The molecular weight excluding hydrogens is 286 g/mol. The highest BCUT2D eigenvalue weighted by atomic mass is 16.4. The lowest BCUT2D eigenvalue weighted by molar-refractivity contribution is -0.141. The molecule has 0 aromatic carbocycles. The van der Waals surface area contributed by atoms with Crippen molar-refractivity contribution in [3.63, 3.8) is 0 Å². The summed E-state index contributed by atoms with van der Waals surface area (Å²) in [7, 11) is 0. The van der Waals surface area contributed by atoms with Gasteiger partial charge in [0.2, 0.25) is 5.91 Å². The maximum absolute atomic E-state index is 11.7. The van der Waals surface area contributed by atoms with Crippen molar-refractivity contribution in [1.29, 1.82) is 0 Å². The number of carboxylic acid groups (broad SMARTS) is 1. The Labute approximate surface area is 130 Å². The van der Waals surface area contributed by atoms with Crippen molar-refractivity contribution in [3.8, 4) is 0 Å². The second kappa shape index (κ2) is 9.81. The molecule has 7 heteroatoms. The largest absolute Gasteiger partial charge is 0.480 e. The van der Waals surface area contributed by atoms with E-state index in [1.54, 1.807) is 6.08 Å². The minimum atomic E-state index is -1.10. The van der Waals surface area contributed by atoms with Crippen molar-refractivity contribution in [1.82, 2.24) is 16.0 Å². The molecule has 1 fully saturated rings. The first-order chi connectivity index (χ1) is 10.5. The summed E-state index contributed by atoms with van der Waals surface area (Å²) in [5.74, 6) is -1.61. The van der Waals surface area contributed by atoms with Crippen molar-refractivity contribution in [2.75, 3.05) is 6.54 Å². The molecule has 0 aliphatic heterocycles. The van der Waals surface area contributed by atoms with Gasteiger partial charge in [0.05, 0.1) is 6.54 Å². The lowest BCUT2D eigenvalue weighted by Crippen LogP contribution is -2.49. The van der Waals surface area contributed by atoms with Gasteiger partial charge in [-0.1, -0.05) is 25.3 Å². The average Bonchev–Trinajstić information content (AvgIpc) is 2.50. The molecule has 0 aromatic heterocycles. The highest BCUT2D eigenvalue weighted by Crippen LogP contribution is 2.16. The van der Waals surface area contributed by atoms with Gasteiger partial charge in [0.1, 0.15) is 6.04 Å². The number of aliphatic carboxylic acids is 1. The third-order valence-electron chi connectivity index (χ3n) is 3.64. The second-order valence-electron chi connectivity index (χ2n) is 5.49. The molecule has 1 atom stereocenters. The smallest absolute Gasteiger partial charge is 0.326 e. The van der Waals surface area contributed by atoms with Gasteiger partial charge in [0, 0.05) is 6.04 Å². The van der Waals surface area contributed by atoms with Gasteiger partial charge in [-0.3, -0.25) is 4.79 Å². The molecule has 124 valence electrons. The summed E-state index contributed by atoms with van der Waals surface area (Å²) in [6.45, 7) is 3.28. The minimum absolute atomic E-state index is 0.163. The van der Waals surface area contributed by atoms with Crippen molar-refractivity contribution < 1.29 is 19.5 Å². The van der Waals surface area contributed by atoms with Crippen LogP contribution in [-0.2, 0) is 9.59 Å². The zero-order chi connectivity index (χ0) is 16.4. The first-order valence-corrected chi connectivity index (χ1v) is 7.70. The first kappa shape index (κ1) is 18.0. The number of hydrogen-bond donors (Lipinski definition) is 4. The Balaban J connectivity index is 2.26.